The normalized spacial score (nSPS) is 15.7. The summed E-state index contributed by atoms with van der Waals surface area (Å²) in [6, 6.07) is 3.39. The van der Waals surface area contributed by atoms with Crippen molar-refractivity contribution in [2.45, 2.75) is 37.6 Å². The van der Waals surface area contributed by atoms with E-state index in [1.807, 2.05) is 0 Å². The van der Waals surface area contributed by atoms with Crippen LogP contribution in [-0.2, 0) is 10.0 Å². The summed E-state index contributed by atoms with van der Waals surface area (Å²) in [7, 11) is -3.76. The number of nitro groups is 1. The summed E-state index contributed by atoms with van der Waals surface area (Å²) in [5.74, 6) is 0.393. The number of nitro benzene ring substituents is 1. The average molecular weight is 333 g/mol. The molecule has 0 spiro atoms. The highest BCUT2D eigenvalue weighted by molar-refractivity contribution is 7.89. The summed E-state index contributed by atoms with van der Waals surface area (Å²) in [4.78, 5) is 10.1. The van der Waals surface area contributed by atoms with E-state index in [4.69, 9.17) is 11.6 Å². The summed E-state index contributed by atoms with van der Waals surface area (Å²) >= 11 is 5.73. The maximum Gasteiger partial charge on any atom is 0.289 e. The van der Waals surface area contributed by atoms with Crippen molar-refractivity contribution in [3.05, 3.63) is 33.3 Å². The maximum atomic E-state index is 12.7. The van der Waals surface area contributed by atoms with Crippen molar-refractivity contribution in [3.63, 3.8) is 0 Å². The minimum absolute atomic E-state index is 0.0720. The highest BCUT2D eigenvalue weighted by atomic mass is 35.5. The predicted octanol–water partition coefficient (Wildman–Crippen LogP) is 3.06. The van der Waals surface area contributed by atoms with Gasteiger partial charge in [0.05, 0.1) is 9.82 Å². The molecule has 0 N–H and O–H groups in total. The fourth-order valence-electron chi connectivity index (χ4n) is 2.07. The third-order valence-corrected chi connectivity index (χ3v) is 5.79. The van der Waals surface area contributed by atoms with Gasteiger partial charge in [-0.2, -0.15) is 4.31 Å². The first-order valence-electron chi connectivity index (χ1n) is 6.69. The molecule has 0 amide bonds. The first kappa shape index (κ1) is 16.2. The molecule has 1 saturated carbocycles. The van der Waals surface area contributed by atoms with Crippen molar-refractivity contribution in [3.8, 4) is 0 Å². The summed E-state index contributed by atoms with van der Waals surface area (Å²) in [5, 5.41) is 10.8. The van der Waals surface area contributed by atoms with Crippen LogP contribution in [0.5, 0.6) is 0 Å². The molecule has 1 aromatic rings. The molecule has 8 heteroatoms. The molecule has 1 fully saturated rings. The molecule has 0 aliphatic heterocycles. The standard InChI is InChI=1S/C13H17ClN2O4S/c1-9(2)15(8-10-3-4-10)21(19,20)11-5-6-12(14)13(7-11)16(17)18/h5-7,9-10H,3-4,8H2,1-2H3. The van der Waals surface area contributed by atoms with Crippen molar-refractivity contribution in [2.75, 3.05) is 6.54 Å². The van der Waals surface area contributed by atoms with E-state index in [9.17, 15) is 18.5 Å². The van der Waals surface area contributed by atoms with E-state index in [-0.39, 0.29) is 16.0 Å². The predicted molar refractivity (Wildman–Crippen MR) is 79.9 cm³/mol. The number of halogens is 1. The molecule has 0 saturated heterocycles. The molecule has 6 nitrogen and oxygen atoms in total. The molecule has 0 atom stereocenters. The fraction of sp³-hybridized carbons (Fsp3) is 0.538. The molecule has 0 bridgehead atoms. The molecule has 1 aromatic carbocycles. The molecule has 116 valence electrons. The van der Waals surface area contributed by atoms with Crippen LogP contribution < -0.4 is 0 Å². The van der Waals surface area contributed by atoms with Crippen molar-refractivity contribution < 1.29 is 13.3 Å². The molecule has 0 heterocycles. The number of hydrogen-bond acceptors (Lipinski definition) is 4. The van der Waals surface area contributed by atoms with Gasteiger partial charge in [0.1, 0.15) is 5.02 Å². The maximum absolute atomic E-state index is 12.7. The van der Waals surface area contributed by atoms with Crippen LogP contribution in [0, 0.1) is 16.0 Å². The molecular formula is C13H17ClN2O4S. The molecule has 2 rings (SSSR count). The van der Waals surface area contributed by atoms with E-state index < -0.39 is 20.6 Å². The second-order valence-electron chi connectivity index (χ2n) is 5.48. The van der Waals surface area contributed by atoms with Gasteiger partial charge in [0.2, 0.25) is 10.0 Å². The average Bonchev–Trinajstić information content (AvgIpc) is 3.19. The zero-order chi connectivity index (χ0) is 15.8. The van der Waals surface area contributed by atoms with Gasteiger partial charge < -0.3 is 0 Å². The van der Waals surface area contributed by atoms with Crippen LogP contribution in [0.3, 0.4) is 0 Å². The first-order valence-corrected chi connectivity index (χ1v) is 8.51. The summed E-state index contributed by atoms with van der Waals surface area (Å²) < 4.78 is 26.8. The molecule has 1 aliphatic carbocycles. The van der Waals surface area contributed by atoms with E-state index in [0.717, 1.165) is 18.9 Å². The van der Waals surface area contributed by atoms with E-state index in [0.29, 0.717) is 12.5 Å². The van der Waals surface area contributed by atoms with Crippen LogP contribution in [-0.4, -0.2) is 30.2 Å². The first-order chi connectivity index (χ1) is 9.73. The van der Waals surface area contributed by atoms with Gasteiger partial charge in [-0.1, -0.05) is 11.6 Å². The number of nitrogens with zero attached hydrogens (tertiary/aromatic N) is 2. The lowest BCUT2D eigenvalue weighted by molar-refractivity contribution is -0.384. The van der Waals surface area contributed by atoms with Crippen molar-refractivity contribution >= 4 is 27.3 Å². The Morgan fingerprint density at radius 3 is 2.52 bits per heavy atom. The third kappa shape index (κ3) is 3.53. The lowest BCUT2D eigenvalue weighted by Gasteiger charge is -2.25. The Kier molecular flexibility index (Phi) is 4.55. The lowest BCUT2D eigenvalue weighted by atomic mass is 10.3. The monoisotopic (exact) mass is 332 g/mol. The topological polar surface area (TPSA) is 80.5 Å². The van der Waals surface area contributed by atoms with Gasteiger partial charge in [-0.15, -0.1) is 0 Å². The number of hydrogen-bond donors (Lipinski definition) is 0. The van der Waals surface area contributed by atoms with Gasteiger partial charge >= 0.3 is 0 Å². The zero-order valence-corrected chi connectivity index (χ0v) is 13.4. The molecule has 0 radical (unpaired) electrons. The Balaban J connectivity index is 2.41. The molecular weight excluding hydrogens is 316 g/mol. The number of benzene rings is 1. The zero-order valence-electron chi connectivity index (χ0n) is 11.8. The Labute approximate surface area is 128 Å². The minimum Gasteiger partial charge on any atom is -0.258 e. The summed E-state index contributed by atoms with van der Waals surface area (Å²) in [6.45, 7) is 4.05. The highest BCUT2D eigenvalue weighted by Gasteiger charge is 2.34. The SMILES string of the molecule is CC(C)N(CC1CC1)S(=O)(=O)c1ccc(Cl)c([N+](=O)[O-])c1. The molecule has 0 aromatic heterocycles. The Bertz CT molecular complexity index is 656. The van der Waals surface area contributed by atoms with Crippen LogP contribution in [0.1, 0.15) is 26.7 Å². The van der Waals surface area contributed by atoms with Gasteiger partial charge in [0.15, 0.2) is 0 Å². The second-order valence-corrected chi connectivity index (χ2v) is 7.78. The Morgan fingerprint density at radius 1 is 1.43 bits per heavy atom. The smallest absolute Gasteiger partial charge is 0.258 e. The van der Waals surface area contributed by atoms with Crippen molar-refractivity contribution in [1.82, 2.24) is 4.31 Å². The second kappa shape index (κ2) is 5.90. The Morgan fingerprint density at radius 2 is 2.05 bits per heavy atom. The van der Waals surface area contributed by atoms with E-state index in [2.05, 4.69) is 0 Å². The summed E-state index contributed by atoms with van der Waals surface area (Å²) in [5.41, 5.74) is -0.395. The van der Waals surface area contributed by atoms with Gasteiger partial charge in [-0.25, -0.2) is 8.42 Å². The lowest BCUT2D eigenvalue weighted by Crippen LogP contribution is -2.38. The van der Waals surface area contributed by atoms with Crippen LogP contribution in [0.25, 0.3) is 0 Å². The fourth-order valence-corrected chi connectivity index (χ4v) is 3.99. The molecule has 21 heavy (non-hydrogen) atoms. The number of sulfonamides is 1. The van der Waals surface area contributed by atoms with Crippen LogP contribution in [0.4, 0.5) is 5.69 Å². The third-order valence-electron chi connectivity index (χ3n) is 3.43. The molecule has 1 aliphatic rings. The Hall–Kier alpha value is -1.18. The van der Waals surface area contributed by atoms with E-state index in [1.165, 1.54) is 16.4 Å². The van der Waals surface area contributed by atoms with Gasteiger partial charge in [-0.05, 0) is 44.7 Å². The highest BCUT2D eigenvalue weighted by Crippen LogP contribution is 2.34. The van der Waals surface area contributed by atoms with Gasteiger partial charge in [0, 0.05) is 18.7 Å². The minimum atomic E-state index is -3.76. The van der Waals surface area contributed by atoms with Crippen LogP contribution in [0.2, 0.25) is 5.02 Å². The van der Waals surface area contributed by atoms with Crippen molar-refractivity contribution in [1.29, 1.82) is 0 Å². The quantitative estimate of drug-likeness (QED) is 0.592. The van der Waals surface area contributed by atoms with Gasteiger partial charge in [-0.3, -0.25) is 10.1 Å². The van der Waals surface area contributed by atoms with Crippen molar-refractivity contribution in [2.24, 2.45) is 5.92 Å². The molecule has 0 unspecified atom stereocenters. The van der Waals surface area contributed by atoms with E-state index >= 15 is 0 Å². The van der Waals surface area contributed by atoms with E-state index in [1.54, 1.807) is 13.8 Å². The van der Waals surface area contributed by atoms with Crippen LogP contribution in [0.15, 0.2) is 23.1 Å². The summed E-state index contributed by atoms with van der Waals surface area (Å²) in [6.07, 6.45) is 2.05. The number of rotatable bonds is 6. The van der Waals surface area contributed by atoms with Crippen LogP contribution >= 0.6 is 11.6 Å². The van der Waals surface area contributed by atoms with Gasteiger partial charge in [0.25, 0.3) is 5.69 Å². The largest absolute Gasteiger partial charge is 0.289 e.